The fraction of sp³-hybridized carbons (Fsp3) is 0.974. The molecular formula is C38H62N2O6. The molecule has 8 rings (SSSR count). The Morgan fingerprint density at radius 2 is 1.67 bits per heavy atom. The second-order valence-electron chi connectivity index (χ2n) is 18.4. The quantitative estimate of drug-likeness (QED) is 0.387. The van der Waals surface area contributed by atoms with E-state index in [4.69, 9.17) is 18.9 Å². The van der Waals surface area contributed by atoms with Gasteiger partial charge in [0.05, 0.1) is 37.1 Å². The summed E-state index contributed by atoms with van der Waals surface area (Å²) in [7, 11) is 0. The first-order chi connectivity index (χ1) is 21.8. The highest BCUT2D eigenvalue weighted by atomic mass is 16.6. The third-order valence-electron chi connectivity index (χ3n) is 15.9. The molecule has 5 saturated carbocycles. The molecule has 3 aliphatic heterocycles. The van der Waals surface area contributed by atoms with E-state index in [-0.39, 0.29) is 35.9 Å². The average molecular weight is 643 g/mol. The predicted molar refractivity (Wildman–Crippen MR) is 175 cm³/mol. The lowest BCUT2D eigenvalue weighted by Crippen LogP contribution is -2.58. The summed E-state index contributed by atoms with van der Waals surface area (Å²) in [5.74, 6) is 2.77. The molecule has 8 aliphatic rings. The fourth-order valence-electron chi connectivity index (χ4n) is 13.5. The van der Waals surface area contributed by atoms with Gasteiger partial charge >= 0.3 is 6.09 Å². The number of aliphatic hydroxyl groups is 1. The van der Waals surface area contributed by atoms with Crippen molar-refractivity contribution < 1.29 is 28.8 Å². The van der Waals surface area contributed by atoms with Gasteiger partial charge < -0.3 is 29.0 Å². The van der Waals surface area contributed by atoms with Gasteiger partial charge in [-0.3, -0.25) is 4.90 Å². The van der Waals surface area contributed by atoms with Crippen molar-refractivity contribution >= 4 is 6.09 Å². The van der Waals surface area contributed by atoms with Crippen molar-refractivity contribution in [2.45, 2.75) is 142 Å². The van der Waals surface area contributed by atoms with Crippen molar-refractivity contribution in [3.8, 4) is 0 Å². The van der Waals surface area contributed by atoms with E-state index in [1.807, 2.05) is 25.7 Å². The maximum absolute atomic E-state index is 13.5. The largest absolute Gasteiger partial charge is 0.446 e. The Hall–Kier alpha value is -0.930. The molecule has 260 valence electrons. The molecule has 5 aliphatic carbocycles. The van der Waals surface area contributed by atoms with Crippen LogP contribution in [0.5, 0.6) is 0 Å². The number of ether oxygens (including phenoxy) is 4. The van der Waals surface area contributed by atoms with Crippen LogP contribution in [0.1, 0.15) is 106 Å². The van der Waals surface area contributed by atoms with E-state index in [0.29, 0.717) is 40.7 Å². The van der Waals surface area contributed by atoms with Crippen molar-refractivity contribution in [2.75, 3.05) is 46.0 Å². The van der Waals surface area contributed by atoms with Crippen LogP contribution in [-0.4, -0.2) is 103 Å². The number of carbonyl (C=O) groups excluding carboxylic acids is 1. The molecule has 0 aromatic rings. The van der Waals surface area contributed by atoms with Crippen LogP contribution in [0.15, 0.2) is 0 Å². The van der Waals surface area contributed by atoms with Gasteiger partial charge in [-0.05, 0) is 125 Å². The summed E-state index contributed by atoms with van der Waals surface area (Å²) >= 11 is 0. The Bertz CT molecular complexity index is 1180. The minimum absolute atomic E-state index is 0.000391. The number of amides is 1. The smallest absolute Gasteiger partial charge is 0.410 e. The summed E-state index contributed by atoms with van der Waals surface area (Å²) in [5.41, 5.74) is 0.349. The SMILES string of the molecule is CCO[C@@H](C1CCC2C(CC3C4CCC5C(C)(C)[C@@H](OC(=O)N6CCN(C7COC7)CC6)CCC56C[C@@]46CCC23C)O1)C(C)(C)O. The summed E-state index contributed by atoms with van der Waals surface area (Å²) in [6, 6.07) is 0.537. The summed E-state index contributed by atoms with van der Waals surface area (Å²) in [4.78, 5) is 17.9. The Labute approximate surface area is 277 Å². The molecule has 1 amide bonds. The van der Waals surface area contributed by atoms with Gasteiger partial charge in [-0.15, -0.1) is 0 Å². The number of hydrogen-bond donors (Lipinski definition) is 1. The molecule has 8 unspecified atom stereocenters. The minimum Gasteiger partial charge on any atom is -0.446 e. The van der Waals surface area contributed by atoms with Gasteiger partial charge in [0, 0.05) is 38.2 Å². The van der Waals surface area contributed by atoms with Gasteiger partial charge in [0.2, 0.25) is 0 Å². The van der Waals surface area contributed by atoms with E-state index in [2.05, 4.69) is 25.7 Å². The fourth-order valence-corrected chi connectivity index (χ4v) is 13.5. The lowest BCUT2D eigenvalue weighted by molar-refractivity contribution is -0.193. The second-order valence-corrected chi connectivity index (χ2v) is 18.4. The Morgan fingerprint density at radius 3 is 2.35 bits per heavy atom. The number of fused-ring (bicyclic) bond motifs is 4. The maximum atomic E-state index is 13.5. The van der Waals surface area contributed by atoms with Crippen molar-refractivity contribution in [3.63, 3.8) is 0 Å². The molecule has 1 N–H and O–H groups in total. The van der Waals surface area contributed by atoms with E-state index < -0.39 is 5.60 Å². The molecule has 0 radical (unpaired) electrons. The zero-order valence-corrected chi connectivity index (χ0v) is 29.6. The van der Waals surface area contributed by atoms with Crippen LogP contribution in [0, 0.1) is 45.3 Å². The Kier molecular flexibility index (Phi) is 7.75. The molecule has 46 heavy (non-hydrogen) atoms. The lowest BCUT2D eigenvalue weighted by Gasteiger charge is -2.59. The Morgan fingerprint density at radius 1 is 0.935 bits per heavy atom. The lowest BCUT2D eigenvalue weighted by atomic mass is 9.46. The first kappa shape index (κ1) is 32.3. The molecule has 0 aromatic carbocycles. The summed E-state index contributed by atoms with van der Waals surface area (Å²) < 4.78 is 24.9. The van der Waals surface area contributed by atoms with Crippen LogP contribution < -0.4 is 0 Å². The van der Waals surface area contributed by atoms with Crippen LogP contribution in [0.25, 0.3) is 0 Å². The molecule has 8 heteroatoms. The van der Waals surface area contributed by atoms with Gasteiger partial charge in [0.1, 0.15) is 12.2 Å². The second kappa shape index (κ2) is 11.0. The van der Waals surface area contributed by atoms with Crippen LogP contribution >= 0.6 is 0 Å². The highest BCUT2D eigenvalue weighted by Crippen LogP contribution is 2.87. The number of rotatable bonds is 6. The maximum Gasteiger partial charge on any atom is 0.410 e. The van der Waals surface area contributed by atoms with E-state index in [9.17, 15) is 9.90 Å². The molecule has 3 saturated heterocycles. The molecule has 2 spiro atoms. The van der Waals surface area contributed by atoms with E-state index in [1.165, 1.54) is 51.4 Å². The van der Waals surface area contributed by atoms with Crippen molar-refractivity contribution in [3.05, 3.63) is 0 Å². The van der Waals surface area contributed by atoms with Gasteiger partial charge in [-0.25, -0.2) is 4.79 Å². The minimum atomic E-state index is -0.911. The summed E-state index contributed by atoms with van der Waals surface area (Å²) in [6.45, 7) is 18.9. The average Bonchev–Trinajstić information content (AvgIpc) is 3.56. The molecule has 0 aromatic heterocycles. The first-order valence-electron chi connectivity index (χ1n) is 19.1. The van der Waals surface area contributed by atoms with Crippen LogP contribution in [-0.2, 0) is 18.9 Å². The van der Waals surface area contributed by atoms with E-state index >= 15 is 0 Å². The zero-order chi connectivity index (χ0) is 32.3. The number of piperazine rings is 1. The van der Waals surface area contributed by atoms with Crippen LogP contribution in [0.3, 0.4) is 0 Å². The molecule has 11 atom stereocenters. The third-order valence-corrected chi connectivity index (χ3v) is 15.9. The zero-order valence-electron chi connectivity index (χ0n) is 29.6. The Balaban J connectivity index is 0.938. The molecule has 0 bridgehead atoms. The van der Waals surface area contributed by atoms with Crippen molar-refractivity contribution in [2.24, 2.45) is 45.3 Å². The molecular weight excluding hydrogens is 580 g/mol. The molecule has 8 nitrogen and oxygen atoms in total. The third kappa shape index (κ3) is 4.65. The molecule has 8 fully saturated rings. The predicted octanol–water partition coefficient (Wildman–Crippen LogP) is 5.89. The highest BCUT2D eigenvalue weighted by Gasteiger charge is 2.81. The van der Waals surface area contributed by atoms with Gasteiger partial charge in [-0.2, -0.15) is 0 Å². The number of hydrogen-bond acceptors (Lipinski definition) is 7. The first-order valence-corrected chi connectivity index (χ1v) is 19.1. The number of nitrogens with zero attached hydrogens (tertiary/aromatic N) is 2. The number of carbonyl (C=O) groups is 1. The summed E-state index contributed by atoms with van der Waals surface area (Å²) in [5, 5.41) is 10.9. The molecule has 3 heterocycles. The van der Waals surface area contributed by atoms with Gasteiger partial charge in [-0.1, -0.05) is 20.8 Å². The van der Waals surface area contributed by atoms with E-state index in [1.54, 1.807) is 0 Å². The van der Waals surface area contributed by atoms with Gasteiger partial charge in [0.15, 0.2) is 0 Å². The monoisotopic (exact) mass is 642 g/mol. The topological polar surface area (TPSA) is 80.7 Å². The van der Waals surface area contributed by atoms with Crippen LogP contribution in [0.2, 0.25) is 0 Å². The highest BCUT2D eigenvalue weighted by molar-refractivity contribution is 5.68. The standard InChI is InChI=1S/C38H62N2O6/c1-7-44-32(35(4,5)42)28-10-8-26-29(45-28)20-27-25-9-11-30-34(2,3)31(12-13-38(30)23-37(25,38)15-14-36(26,27)6)46-33(41)40-18-16-39(17-19-40)24-21-43-22-24/h24-32,42H,7-23H2,1-6H3/t25?,26?,27?,28?,29?,30?,31-,32-,36?,37-,38?/m0/s1. The van der Waals surface area contributed by atoms with E-state index in [0.717, 1.165) is 64.1 Å². The van der Waals surface area contributed by atoms with Crippen LogP contribution in [0.4, 0.5) is 4.79 Å². The van der Waals surface area contributed by atoms with Crippen molar-refractivity contribution in [1.82, 2.24) is 9.80 Å². The van der Waals surface area contributed by atoms with Crippen molar-refractivity contribution in [1.29, 1.82) is 0 Å². The van der Waals surface area contributed by atoms with Gasteiger partial charge in [0.25, 0.3) is 0 Å². The summed E-state index contributed by atoms with van der Waals surface area (Å²) in [6.07, 6.45) is 12.2. The normalized spacial score (nSPS) is 47.4.